The largest absolute Gasteiger partial charge is 0.394 e. The van der Waals surface area contributed by atoms with Crippen molar-refractivity contribution < 1.29 is 24.8 Å². The Balaban J connectivity index is 1.89. The number of hydrogen-bond donors (Lipinski definition) is 3. The van der Waals surface area contributed by atoms with Gasteiger partial charge < -0.3 is 24.8 Å². The molecule has 0 spiro atoms. The molecule has 154 valence electrons. The molecule has 0 bridgehead atoms. The van der Waals surface area contributed by atoms with Crippen LogP contribution in [0.3, 0.4) is 0 Å². The third-order valence-electron chi connectivity index (χ3n) is 4.97. The topological polar surface area (TPSA) is 79.2 Å². The highest BCUT2D eigenvalue weighted by atomic mass is 16.6. The van der Waals surface area contributed by atoms with E-state index in [4.69, 9.17) is 14.6 Å². The van der Waals surface area contributed by atoms with Gasteiger partial charge in [0.05, 0.1) is 13.2 Å². The number of rotatable bonds is 16. The van der Waals surface area contributed by atoms with Crippen molar-refractivity contribution >= 4 is 0 Å². The van der Waals surface area contributed by atoms with Crippen LogP contribution in [0.2, 0.25) is 0 Å². The van der Waals surface area contributed by atoms with E-state index in [1.54, 1.807) is 0 Å². The minimum Gasteiger partial charge on any atom is -0.394 e. The smallest absolute Gasteiger partial charge is 0.114 e. The summed E-state index contributed by atoms with van der Waals surface area (Å²) in [6.45, 7) is 2.70. The number of ether oxygens (including phenoxy) is 2. The zero-order valence-electron chi connectivity index (χ0n) is 16.5. The summed E-state index contributed by atoms with van der Waals surface area (Å²) in [4.78, 5) is 0. The van der Waals surface area contributed by atoms with Crippen LogP contribution in [0.4, 0.5) is 0 Å². The minimum absolute atomic E-state index is 0.272. The average molecular weight is 373 g/mol. The normalized spacial score (nSPS) is 24.5. The van der Waals surface area contributed by atoms with Gasteiger partial charge in [0.2, 0.25) is 0 Å². The Hall–Kier alpha value is -0.460. The van der Waals surface area contributed by atoms with Crippen LogP contribution in [0.25, 0.3) is 0 Å². The first-order valence-corrected chi connectivity index (χ1v) is 10.6. The maximum atomic E-state index is 10.0. The molecule has 0 amide bonds. The van der Waals surface area contributed by atoms with E-state index in [0.717, 1.165) is 12.8 Å². The van der Waals surface area contributed by atoms with Gasteiger partial charge in [-0.1, -0.05) is 57.6 Å². The average Bonchev–Trinajstić information content (AvgIpc) is 3.02. The van der Waals surface area contributed by atoms with Gasteiger partial charge in [-0.15, -0.1) is 0 Å². The Kier molecular flexibility index (Phi) is 14.1. The molecule has 4 atom stereocenters. The Morgan fingerprint density at radius 1 is 1.00 bits per heavy atom. The molecule has 1 rings (SSSR count). The molecule has 26 heavy (non-hydrogen) atoms. The van der Waals surface area contributed by atoms with E-state index < -0.39 is 31.0 Å². The maximum Gasteiger partial charge on any atom is 0.114 e. The van der Waals surface area contributed by atoms with Crippen molar-refractivity contribution in [2.24, 2.45) is 0 Å². The highest BCUT2D eigenvalue weighted by Gasteiger charge is 2.40. The van der Waals surface area contributed by atoms with Crippen molar-refractivity contribution in [1.29, 1.82) is 0 Å². The van der Waals surface area contributed by atoms with Crippen molar-refractivity contribution in [1.82, 2.24) is 0 Å². The second-order valence-corrected chi connectivity index (χ2v) is 7.32. The first kappa shape index (κ1) is 23.6. The number of allylic oxidation sites excluding steroid dienone is 2. The summed E-state index contributed by atoms with van der Waals surface area (Å²) in [5, 5.41) is 28.5. The monoisotopic (exact) mass is 372 g/mol. The van der Waals surface area contributed by atoms with Crippen LogP contribution < -0.4 is 0 Å². The predicted molar refractivity (Wildman–Crippen MR) is 104 cm³/mol. The Labute approximate surface area is 159 Å². The summed E-state index contributed by atoms with van der Waals surface area (Å²) in [6.07, 6.45) is 15.2. The first-order valence-electron chi connectivity index (χ1n) is 10.6. The van der Waals surface area contributed by atoms with Crippen LogP contribution in [0.15, 0.2) is 12.2 Å². The molecule has 0 aromatic carbocycles. The van der Waals surface area contributed by atoms with E-state index in [-0.39, 0.29) is 6.61 Å². The van der Waals surface area contributed by atoms with Crippen molar-refractivity contribution in [3.63, 3.8) is 0 Å². The van der Waals surface area contributed by atoms with E-state index in [9.17, 15) is 10.2 Å². The molecule has 1 heterocycles. The van der Waals surface area contributed by atoms with E-state index >= 15 is 0 Å². The van der Waals surface area contributed by atoms with E-state index in [1.165, 1.54) is 57.8 Å². The summed E-state index contributed by atoms with van der Waals surface area (Å²) in [6, 6.07) is 0. The second-order valence-electron chi connectivity index (χ2n) is 7.32. The summed E-state index contributed by atoms with van der Waals surface area (Å²) >= 11 is 0. The Bertz CT molecular complexity index is 347. The van der Waals surface area contributed by atoms with E-state index in [2.05, 4.69) is 19.1 Å². The molecule has 0 aromatic rings. The van der Waals surface area contributed by atoms with Crippen molar-refractivity contribution in [3.8, 4) is 0 Å². The van der Waals surface area contributed by atoms with Crippen molar-refractivity contribution in [2.75, 3.05) is 19.8 Å². The van der Waals surface area contributed by atoms with Gasteiger partial charge in [-0.3, -0.25) is 0 Å². The molecule has 0 aliphatic carbocycles. The number of unbranched alkanes of at least 4 members (excludes halogenated alkanes) is 9. The summed E-state index contributed by atoms with van der Waals surface area (Å²) in [7, 11) is 0. The lowest BCUT2D eigenvalue weighted by atomic mass is 10.1. The fourth-order valence-corrected chi connectivity index (χ4v) is 3.26. The van der Waals surface area contributed by atoms with Crippen LogP contribution in [-0.4, -0.2) is 59.6 Å². The summed E-state index contributed by atoms with van der Waals surface area (Å²) in [5.41, 5.74) is 0. The molecule has 0 unspecified atom stereocenters. The molecular formula is C21H40O5. The number of aliphatic hydroxyl groups is 3. The minimum atomic E-state index is -1.05. The molecule has 0 radical (unpaired) electrons. The zero-order valence-corrected chi connectivity index (χ0v) is 16.5. The summed E-state index contributed by atoms with van der Waals surface area (Å²) < 4.78 is 11.0. The molecule has 5 heteroatoms. The zero-order chi connectivity index (χ0) is 19.0. The molecule has 5 nitrogen and oxygen atoms in total. The number of hydrogen-bond acceptors (Lipinski definition) is 5. The predicted octanol–water partition coefficient (Wildman–Crippen LogP) is 3.35. The van der Waals surface area contributed by atoms with Crippen LogP contribution in [0.5, 0.6) is 0 Å². The molecule has 0 saturated carbocycles. The molecule has 1 aliphatic heterocycles. The SMILES string of the molecule is CCCCCC/C=C/CCCCCCCO[C@@H]1CO[C@H]([C@@H](O)CO)[C@@H]1O. The molecule has 3 N–H and O–H groups in total. The third kappa shape index (κ3) is 10.0. The van der Waals surface area contributed by atoms with Gasteiger partial charge in [-0.2, -0.15) is 0 Å². The molecule has 1 aliphatic rings. The quantitative estimate of drug-likeness (QED) is 0.286. The second kappa shape index (κ2) is 15.6. The van der Waals surface area contributed by atoms with Crippen molar-refractivity contribution in [2.45, 2.75) is 102 Å². The molecule has 1 fully saturated rings. The fourth-order valence-electron chi connectivity index (χ4n) is 3.26. The Morgan fingerprint density at radius 3 is 2.27 bits per heavy atom. The van der Waals surface area contributed by atoms with Gasteiger partial charge in [-0.05, 0) is 32.1 Å². The van der Waals surface area contributed by atoms with Gasteiger partial charge in [0.15, 0.2) is 0 Å². The Morgan fingerprint density at radius 2 is 1.62 bits per heavy atom. The molecule has 0 aromatic heterocycles. The lowest BCUT2D eigenvalue weighted by Crippen LogP contribution is -2.41. The highest BCUT2D eigenvalue weighted by Crippen LogP contribution is 2.20. The molecule has 1 saturated heterocycles. The highest BCUT2D eigenvalue weighted by molar-refractivity contribution is 4.88. The van der Waals surface area contributed by atoms with Crippen LogP contribution in [0.1, 0.15) is 77.6 Å². The standard InChI is InChI=1S/C21H40O5/c1-2-3-4-5-6-7-8-9-10-11-12-13-14-15-25-19-17-26-21(20(19)24)18(23)16-22/h7-8,18-24H,2-6,9-17H2,1H3/b8-7+/t18-,19+,20+,21+/m0/s1. The summed E-state index contributed by atoms with van der Waals surface area (Å²) in [5.74, 6) is 0. The van der Waals surface area contributed by atoms with Gasteiger partial charge in [0.25, 0.3) is 0 Å². The lowest BCUT2D eigenvalue weighted by molar-refractivity contribution is -0.0730. The van der Waals surface area contributed by atoms with Gasteiger partial charge in [-0.25, -0.2) is 0 Å². The van der Waals surface area contributed by atoms with Crippen molar-refractivity contribution in [3.05, 3.63) is 12.2 Å². The van der Waals surface area contributed by atoms with Gasteiger partial charge in [0.1, 0.15) is 24.4 Å². The van der Waals surface area contributed by atoms with Gasteiger partial charge >= 0.3 is 0 Å². The lowest BCUT2D eigenvalue weighted by Gasteiger charge is -2.20. The van der Waals surface area contributed by atoms with Crippen LogP contribution in [-0.2, 0) is 9.47 Å². The van der Waals surface area contributed by atoms with E-state index in [0.29, 0.717) is 6.61 Å². The first-order chi connectivity index (χ1) is 12.7. The number of aliphatic hydroxyl groups excluding tert-OH is 3. The fraction of sp³-hybridized carbons (Fsp3) is 0.905. The van der Waals surface area contributed by atoms with Gasteiger partial charge in [0, 0.05) is 6.61 Å². The van der Waals surface area contributed by atoms with Crippen LogP contribution >= 0.6 is 0 Å². The maximum absolute atomic E-state index is 10.0. The molecular weight excluding hydrogens is 332 g/mol. The van der Waals surface area contributed by atoms with E-state index in [1.807, 2.05) is 0 Å². The van der Waals surface area contributed by atoms with Crippen LogP contribution in [0, 0.1) is 0 Å². The third-order valence-corrected chi connectivity index (χ3v) is 4.97.